The minimum atomic E-state index is -0.541. The molecule has 7 nitrogen and oxygen atoms in total. The Balaban J connectivity index is 1.86. The van der Waals surface area contributed by atoms with Gasteiger partial charge in [-0.05, 0) is 40.2 Å². The highest BCUT2D eigenvalue weighted by Gasteiger charge is 2.14. The molecule has 0 spiro atoms. The van der Waals surface area contributed by atoms with Crippen LogP contribution < -0.4 is 10.3 Å². The van der Waals surface area contributed by atoms with E-state index in [1.807, 2.05) is 36.4 Å². The van der Waals surface area contributed by atoms with Crippen molar-refractivity contribution in [1.29, 1.82) is 0 Å². The number of rotatable bonds is 6. The molecule has 0 unspecified atom stereocenters. The number of fused-ring (bicyclic) bond motifs is 1. The topological polar surface area (TPSA) is 82.8 Å². The molecule has 0 aliphatic carbocycles. The van der Waals surface area contributed by atoms with Crippen molar-refractivity contribution in [2.24, 2.45) is 5.10 Å². The quantitative estimate of drug-likeness (QED) is 0.263. The molecule has 33 heavy (non-hydrogen) atoms. The zero-order chi connectivity index (χ0) is 23.4. The van der Waals surface area contributed by atoms with Crippen molar-refractivity contribution in [2.75, 3.05) is 13.7 Å². The van der Waals surface area contributed by atoms with Gasteiger partial charge in [0.2, 0.25) is 0 Å². The normalized spacial score (nSPS) is 11.1. The van der Waals surface area contributed by atoms with Crippen LogP contribution in [0.2, 0.25) is 5.02 Å². The first kappa shape index (κ1) is 22.7. The highest BCUT2D eigenvalue weighted by molar-refractivity contribution is 9.10. The van der Waals surface area contributed by atoms with E-state index in [0.717, 1.165) is 5.56 Å². The van der Waals surface area contributed by atoms with E-state index in [4.69, 9.17) is 16.3 Å². The van der Waals surface area contributed by atoms with E-state index in [-0.39, 0.29) is 12.2 Å². The molecule has 0 radical (unpaired) electrons. The summed E-state index contributed by atoms with van der Waals surface area (Å²) in [5, 5.41) is 5.29. The summed E-state index contributed by atoms with van der Waals surface area (Å²) < 4.78 is 12.0. The molecule has 0 bridgehead atoms. The third-order valence-electron chi connectivity index (χ3n) is 4.70. The van der Waals surface area contributed by atoms with Gasteiger partial charge >= 0.3 is 5.97 Å². The van der Waals surface area contributed by atoms with Crippen molar-refractivity contribution in [3.8, 4) is 17.1 Å². The molecule has 0 N–H and O–H groups in total. The molecule has 0 aliphatic rings. The van der Waals surface area contributed by atoms with Crippen LogP contribution in [0, 0.1) is 0 Å². The zero-order valence-corrected chi connectivity index (χ0v) is 19.7. The van der Waals surface area contributed by atoms with Crippen molar-refractivity contribution in [1.82, 2.24) is 9.66 Å². The molecule has 3 aromatic carbocycles. The summed E-state index contributed by atoms with van der Waals surface area (Å²) in [7, 11) is 1.27. The summed E-state index contributed by atoms with van der Waals surface area (Å²) in [6.45, 7) is -0.301. The number of hydrogen-bond donors (Lipinski definition) is 0. The van der Waals surface area contributed by atoms with Crippen LogP contribution >= 0.6 is 27.5 Å². The Kier molecular flexibility index (Phi) is 6.86. The van der Waals surface area contributed by atoms with Gasteiger partial charge in [-0.15, -0.1) is 0 Å². The maximum absolute atomic E-state index is 13.3. The molecule has 0 aliphatic heterocycles. The van der Waals surface area contributed by atoms with E-state index in [0.29, 0.717) is 37.5 Å². The van der Waals surface area contributed by atoms with Crippen LogP contribution in [-0.4, -0.2) is 35.6 Å². The fourth-order valence-electron chi connectivity index (χ4n) is 3.14. The number of aromatic nitrogens is 2. The average molecular weight is 527 g/mol. The van der Waals surface area contributed by atoms with Crippen LogP contribution in [0.5, 0.6) is 5.75 Å². The second kappa shape index (κ2) is 9.97. The van der Waals surface area contributed by atoms with Gasteiger partial charge in [-0.1, -0.05) is 54.1 Å². The molecule has 1 aromatic heterocycles. The monoisotopic (exact) mass is 525 g/mol. The summed E-state index contributed by atoms with van der Waals surface area (Å²) >= 11 is 9.60. The maximum atomic E-state index is 13.3. The summed E-state index contributed by atoms with van der Waals surface area (Å²) in [6.07, 6.45) is 1.44. The van der Waals surface area contributed by atoms with Crippen molar-refractivity contribution in [2.45, 2.75) is 0 Å². The Morgan fingerprint density at radius 2 is 1.88 bits per heavy atom. The predicted octanol–water partition coefficient (Wildman–Crippen LogP) is 4.91. The lowest BCUT2D eigenvalue weighted by atomic mass is 10.2. The van der Waals surface area contributed by atoms with E-state index in [2.05, 4.69) is 30.8 Å². The molecule has 0 saturated carbocycles. The molecular formula is C24H17BrClN3O4. The van der Waals surface area contributed by atoms with Gasteiger partial charge in [0.15, 0.2) is 12.4 Å². The summed E-state index contributed by atoms with van der Waals surface area (Å²) in [6, 6.07) is 19.6. The third kappa shape index (κ3) is 4.97. The van der Waals surface area contributed by atoms with Gasteiger partial charge in [-0.25, -0.2) is 9.78 Å². The van der Waals surface area contributed by atoms with Gasteiger partial charge in [0.05, 0.1) is 28.7 Å². The van der Waals surface area contributed by atoms with Crippen LogP contribution in [0.25, 0.3) is 22.3 Å². The van der Waals surface area contributed by atoms with Crippen LogP contribution in [0.3, 0.4) is 0 Å². The number of esters is 1. The fraction of sp³-hybridized carbons (Fsp3) is 0.0833. The van der Waals surface area contributed by atoms with Crippen LogP contribution in [0.15, 0.2) is 81.1 Å². The van der Waals surface area contributed by atoms with Crippen molar-refractivity contribution in [3.05, 3.63) is 92.1 Å². The highest BCUT2D eigenvalue weighted by Crippen LogP contribution is 2.32. The summed E-state index contributed by atoms with van der Waals surface area (Å²) in [5.41, 5.74) is 1.43. The SMILES string of the molecule is COC(=O)COc1c(Br)cc(Cl)cc1C=Nn1c(-c2ccccc2)nc2ccccc2c1=O. The van der Waals surface area contributed by atoms with Gasteiger partial charge in [-0.2, -0.15) is 9.78 Å². The first-order valence-electron chi connectivity index (χ1n) is 9.78. The number of benzene rings is 3. The Labute approximate surface area is 202 Å². The Hall–Kier alpha value is -3.49. The van der Waals surface area contributed by atoms with Gasteiger partial charge in [-0.3, -0.25) is 4.79 Å². The van der Waals surface area contributed by atoms with Gasteiger partial charge < -0.3 is 9.47 Å². The first-order chi connectivity index (χ1) is 16.0. The number of carbonyl (C=O) groups excluding carboxylic acids is 1. The largest absolute Gasteiger partial charge is 0.480 e. The van der Waals surface area contributed by atoms with E-state index in [1.54, 1.807) is 30.3 Å². The van der Waals surface area contributed by atoms with Crippen LogP contribution in [-0.2, 0) is 9.53 Å². The van der Waals surface area contributed by atoms with Crippen molar-refractivity contribution in [3.63, 3.8) is 0 Å². The number of methoxy groups -OCH3 is 1. The van der Waals surface area contributed by atoms with Crippen molar-refractivity contribution >= 4 is 50.6 Å². The Morgan fingerprint density at radius 1 is 1.15 bits per heavy atom. The number of nitrogens with zero attached hydrogens (tertiary/aromatic N) is 3. The second-order valence-corrected chi connectivity index (χ2v) is 8.14. The minimum Gasteiger partial charge on any atom is -0.480 e. The highest BCUT2D eigenvalue weighted by atomic mass is 79.9. The van der Waals surface area contributed by atoms with E-state index in [1.165, 1.54) is 18.0 Å². The zero-order valence-electron chi connectivity index (χ0n) is 17.4. The number of ether oxygens (including phenoxy) is 2. The number of para-hydroxylation sites is 1. The minimum absolute atomic E-state index is 0.301. The number of hydrogen-bond acceptors (Lipinski definition) is 6. The van der Waals surface area contributed by atoms with Crippen LogP contribution in [0.4, 0.5) is 0 Å². The average Bonchev–Trinajstić information content (AvgIpc) is 2.83. The number of halogens is 2. The van der Waals surface area contributed by atoms with Gasteiger partial charge in [0.1, 0.15) is 5.75 Å². The Bertz CT molecular complexity index is 1420. The molecule has 0 atom stereocenters. The maximum Gasteiger partial charge on any atom is 0.343 e. The smallest absolute Gasteiger partial charge is 0.343 e. The summed E-state index contributed by atoms with van der Waals surface area (Å²) in [5.74, 6) is 0.173. The van der Waals surface area contributed by atoms with E-state index >= 15 is 0 Å². The first-order valence-corrected chi connectivity index (χ1v) is 10.9. The molecule has 166 valence electrons. The molecule has 0 amide bonds. The van der Waals surface area contributed by atoms with Crippen molar-refractivity contribution < 1.29 is 14.3 Å². The lowest BCUT2D eigenvalue weighted by molar-refractivity contribution is -0.142. The second-order valence-electron chi connectivity index (χ2n) is 6.85. The van der Waals surface area contributed by atoms with Crippen LogP contribution in [0.1, 0.15) is 5.56 Å². The predicted molar refractivity (Wildman–Crippen MR) is 131 cm³/mol. The molecule has 1 heterocycles. The number of carbonyl (C=O) groups is 1. The van der Waals surface area contributed by atoms with Gasteiger partial charge in [0, 0.05) is 16.1 Å². The standard InChI is InChI=1S/C24H17BrClN3O4/c1-32-21(30)14-33-22-16(11-17(26)12-19(22)25)13-27-29-23(15-7-3-2-4-8-15)28-20-10-6-5-9-18(20)24(29)31/h2-13H,14H2,1H3. The van der Waals surface area contributed by atoms with Gasteiger partial charge in [0.25, 0.3) is 5.56 Å². The lowest BCUT2D eigenvalue weighted by Gasteiger charge is -2.12. The third-order valence-corrected chi connectivity index (χ3v) is 5.50. The summed E-state index contributed by atoms with van der Waals surface area (Å²) in [4.78, 5) is 29.5. The molecule has 0 fully saturated rings. The van der Waals surface area contributed by atoms with E-state index in [9.17, 15) is 9.59 Å². The Morgan fingerprint density at radius 3 is 2.64 bits per heavy atom. The molecule has 4 aromatic rings. The fourth-order valence-corrected chi connectivity index (χ4v) is 4.09. The van der Waals surface area contributed by atoms with E-state index < -0.39 is 5.97 Å². The lowest BCUT2D eigenvalue weighted by Crippen LogP contribution is -2.20. The molecule has 9 heteroatoms. The molecular weight excluding hydrogens is 510 g/mol. The molecule has 4 rings (SSSR count). The molecule has 0 saturated heterocycles.